The highest BCUT2D eigenvalue weighted by Gasteiger charge is 2.20. The van der Waals surface area contributed by atoms with Gasteiger partial charge in [-0.3, -0.25) is 9.59 Å². The van der Waals surface area contributed by atoms with Crippen LogP contribution in [0.15, 0.2) is 23.5 Å². The summed E-state index contributed by atoms with van der Waals surface area (Å²) in [6, 6.07) is -0.400. The normalized spacial score (nSPS) is 18.9. The summed E-state index contributed by atoms with van der Waals surface area (Å²) in [5, 5.41) is 5.00. The van der Waals surface area contributed by atoms with E-state index in [1.54, 1.807) is 0 Å². The monoisotopic (exact) mass is 196 g/mol. The molecule has 0 bridgehead atoms. The number of carbonyl (C=O) groups excluding carboxylic acids is 3. The first-order chi connectivity index (χ1) is 6.63. The highest BCUT2D eigenvalue weighted by Crippen LogP contribution is 2.12. The van der Waals surface area contributed by atoms with E-state index >= 15 is 0 Å². The summed E-state index contributed by atoms with van der Waals surface area (Å²) in [4.78, 5) is 32.2. The molecule has 0 unspecified atom stereocenters. The Kier molecular flexibility index (Phi) is 1.92. The van der Waals surface area contributed by atoms with Gasteiger partial charge in [-0.2, -0.15) is 0 Å². The van der Waals surface area contributed by atoms with Crippen molar-refractivity contribution in [1.29, 1.82) is 0 Å². The molecule has 0 aromatic carbocycles. The number of rotatable bonds is 2. The van der Waals surface area contributed by atoms with E-state index < -0.39 is 6.03 Å². The molecule has 0 aliphatic heterocycles. The fraction of sp³-hybridized carbons (Fsp3) is 0.222. The van der Waals surface area contributed by atoms with Crippen molar-refractivity contribution in [3.8, 4) is 0 Å². The molecule has 0 saturated carbocycles. The Morgan fingerprint density at radius 1 is 1.07 bits per heavy atom. The maximum absolute atomic E-state index is 11.1. The van der Waals surface area contributed by atoms with Crippen molar-refractivity contribution in [3.63, 3.8) is 0 Å². The second kappa shape index (κ2) is 3.10. The molecular weight excluding hydrogens is 184 g/mol. The van der Waals surface area contributed by atoms with Gasteiger partial charge in [-0.25, -0.2) is 4.79 Å². The van der Waals surface area contributed by atoms with Crippen molar-refractivity contribution in [2.24, 2.45) is 0 Å². The lowest BCUT2D eigenvalue weighted by Crippen LogP contribution is -2.39. The average Bonchev–Trinajstić information content (AvgIpc) is 1.98. The van der Waals surface area contributed by atoms with Gasteiger partial charge in [-0.1, -0.05) is 0 Å². The van der Waals surface area contributed by atoms with Crippen molar-refractivity contribution in [2.45, 2.75) is 12.8 Å². The molecule has 2 amide bonds. The molecule has 0 aromatic rings. The Morgan fingerprint density at radius 2 is 1.43 bits per heavy atom. The van der Waals surface area contributed by atoms with E-state index in [4.69, 9.17) is 0 Å². The number of nitrogens with one attached hydrogen (secondary N) is 2. The third-order valence-corrected chi connectivity index (χ3v) is 1.95. The lowest BCUT2D eigenvalue weighted by Gasteiger charge is -2.18. The van der Waals surface area contributed by atoms with Crippen LogP contribution in [0.5, 0.6) is 0 Å². The molecule has 14 heavy (non-hydrogen) atoms. The SMILES string of the molecule is O=C1C=C(NC(=O)NC2=CC(=O)C2)C1.[HH].[HH]. The largest absolute Gasteiger partial charge is 0.323 e. The fourth-order valence-electron chi connectivity index (χ4n) is 1.19. The van der Waals surface area contributed by atoms with E-state index in [-0.39, 0.29) is 27.3 Å². The molecule has 0 fully saturated rings. The van der Waals surface area contributed by atoms with Crippen molar-refractivity contribution in [1.82, 2.24) is 10.6 Å². The van der Waals surface area contributed by atoms with Crippen LogP contribution in [0.1, 0.15) is 15.7 Å². The third kappa shape index (κ3) is 1.71. The summed E-state index contributed by atoms with van der Waals surface area (Å²) in [5.74, 6) is 0.0247. The summed E-state index contributed by atoms with van der Waals surface area (Å²) < 4.78 is 0. The van der Waals surface area contributed by atoms with Gasteiger partial charge in [-0.15, -0.1) is 0 Å². The first kappa shape index (κ1) is 8.68. The number of hydrogen-bond donors (Lipinski definition) is 2. The molecule has 0 aromatic heterocycles. The van der Waals surface area contributed by atoms with E-state index in [9.17, 15) is 14.4 Å². The van der Waals surface area contributed by atoms with Crippen LogP contribution in [0.2, 0.25) is 0 Å². The molecule has 2 rings (SSSR count). The zero-order valence-corrected chi connectivity index (χ0v) is 7.29. The minimum Gasteiger partial charge on any atom is -0.311 e. The molecule has 0 saturated heterocycles. The summed E-state index contributed by atoms with van der Waals surface area (Å²) in [6.45, 7) is 0. The third-order valence-electron chi connectivity index (χ3n) is 1.95. The lowest BCUT2D eigenvalue weighted by atomic mass is 10.0. The lowest BCUT2D eigenvalue weighted by molar-refractivity contribution is -0.116. The summed E-state index contributed by atoms with van der Waals surface area (Å²) in [6.07, 6.45) is 3.32. The Hall–Kier alpha value is -1.91. The number of hydrogen-bond acceptors (Lipinski definition) is 3. The highest BCUT2D eigenvalue weighted by atomic mass is 16.2. The van der Waals surface area contributed by atoms with Crippen LogP contribution in [0.3, 0.4) is 0 Å². The number of carbonyl (C=O) groups is 3. The van der Waals surface area contributed by atoms with Crippen LogP contribution >= 0.6 is 0 Å². The van der Waals surface area contributed by atoms with Gasteiger partial charge in [0.05, 0.1) is 12.8 Å². The molecule has 0 spiro atoms. The van der Waals surface area contributed by atoms with Crippen molar-refractivity contribution < 1.29 is 17.2 Å². The number of urea groups is 1. The zero-order chi connectivity index (χ0) is 10.1. The average molecular weight is 196 g/mol. The van der Waals surface area contributed by atoms with Gasteiger partial charge >= 0.3 is 6.03 Å². The molecule has 5 heteroatoms. The molecule has 0 radical (unpaired) electrons. The first-order valence-electron chi connectivity index (χ1n) is 4.18. The maximum atomic E-state index is 11.1. The summed E-state index contributed by atoms with van der Waals surface area (Å²) in [7, 11) is 0. The van der Waals surface area contributed by atoms with E-state index in [1.807, 2.05) is 0 Å². The summed E-state index contributed by atoms with van der Waals surface area (Å²) >= 11 is 0. The van der Waals surface area contributed by atoms with Crippen LogP contribution in [0.4, 0.5) is 4.79 Å². The van der Waals surface area contributed by atoms with Crippen molar-refractivity contribution in [2.75, 3.05) is 0 Å². The Balaban J connectivity index is 0.00000112. The van der Waals surface area contributed by atoms with Crippen LogP contribution in [-0.2, 0) is 9.59 Å². The number of ketones is 2. The molecule has 76 valence electrons. The number of amides is 2. The van der Waals surface area contributed by atoms with Gasteiger partial charge in [0.15, 0.2) is 11.6 Å². The van der Waals surface area contributed by atoms with Crippen molar-refractivity contribution >= 4 is 17.6 Å². The minimum absolute atomic E-state index is 0. The second-order valence-corrected chi connectivity index (χ2v) is 3.20. The second-order valence-electron chi connectivity index (χ2n) is 3.20. The predicted molar refractivity (Wildman–Crippen MR) is 51.3 cm³/mol. The Morgan fingerprint density at radius 3 is 1.71 bits per heavy atom. The molecule has 0 heterocycles. The molecule has 0 atom stereocenters. The molecule has 2 aliphatic rings. The molecular formula is C9H12N2O3. The van der Waals surface area contributed by atoms with Gasteiger partial charge in [-0.05, 0) is 0 Å². The summed E-state index contributed by atoms with van der Waals surface area (Å²) in [5.41, 5.74) is 1.22. The van der Waals surface area contributed by atoms with Gasteiger partial charge in [0.1, 0.15) is 0 Å². The molecule has 2 aliphatic carbocycles. The van der Waals surface area contributed by atoms with Crippen molar-refractivity contribution in [3.05, 3.63) is 23.5 Å². The minimum atomic E-state index is -0.400. The van der Waals surface area contributed by atoms with Gasteiger partial charge in [0.25, 0.3) is 0 Å². The quantitative estimate of drug-likeness (QED) is 0.675. The standard InChI is InChI=1S/C9H8N2O3.2H2/c12-7-1-5(2-7)10-9(14)11-6-3-8(13)4-6;;/h1,3H,2,4H2,(H2,10,11,14);2*1H. The van der Waals surface area contributed by atoms with Gasteiger partial charge in [0.2, 0.25) is 0 Å². The van der Waals surface area contributed by atoms with Crippen LogP contribution in [-0.4, -0.2) is 17.6 Å². The smallest absolute Gasteiger partial charge is 0.311 e. The number of allylic oxidation sites excluding steroid dienone is 4. The first-order valence-corrected chi connectivity index (χ1v) is 4.18. The van der Waals surface area contributed by atoms with E-state index in [1.165, 1.54) is 12.2 Å². The van der Waals surface area contributed by atoms with Gasteiger partial charge < -0.3 is 10.6 Å². The molecule has 2 N–H and O–H groups in total. The van der Waals surface area contributed by atoms with Crippen LogP contribution < -0.4 is 10.6 Å². The molecule has 5 nitrogen and oxygen atoms in total. The predicted octanol–water partition coefficient (Wildman–Crippen LogP) is 0.491. The van der Waals surface area contributed by atoms with Crippen LogP contribution in [0.25, 0.3) is 0 Å². The Bertz CT molecular complexity index is 366. The fourth-order valence-corrected chi connectivity index (χ4v) is 1.19. The Labute approximate surface area is 82.8 Å². The van der Waals surface area contributed by atoms with E-state index in [2.05, 4.69) is 10.6 Å². The van der Waals surface area contributed by atoms with Crippen LogP contribution in [0, 0.1) is 0 Å². The van der Waals surface area contributed by atoms with Gasteiger partial charge in [0, 0.05) is 26.4 Å². The van der Waals surface area contributed by atoms with E-state index in [0.717, 1.165) is 0 Å². The van der Waals surface area contributed by atoms with E-state index in [0.29, 0.717) is 11.4 Å². The zero-order valence-electron chi connectivity index (χ0n) is 7.29. The topological polar surface area (TPSA) is 75.3 Å². The maximum Gasteiger partial charge on any atom is 0.323 e. The highest BCUT2D eigenvalue weighted by molar-refractivity contribution is 6.01.